The van der Waals surface area contributed by atoms with Crippen molar-refractivity contribution in [2.45, 2.75) is 11.3 Å². The third-order valence-corrected chi connectivity index (χ3v) is 3.76. The topological polar surface area (TPSA) is 82.3 Å². The Bertz CT molecular complexity index is 507. The SMILES string of the molecule is COc1cc(C(F)F)nc(I)c1S(N)(=O)=O. The summed E-state index contributed by atoms with van der Waals surface area (Å²) in [6.07, 6.45) is -2.81. The molecular weight excluding hydrogens is 357 g/mol. The minimum atomic E-state index is -4.06. The Hall–Kier alpha value is -0.550. The molecule has 0 atom stereocenters. The molecular formula is C7H7F2IN2O3S. The van der Waals surface area contributed by atoms with E-state index < -0.39 is 22.1 Å². The quantitative estimate of drug-likeness (QED) is 0.647. The van der Waals surface area contributed by atoms with Crippen LogP contribution in [0.4, 0.5) is 8.78 Å². The van der Waals surface area contributed by atoms with Crippen LogP contribution in [0.25, 0.3) is 0 Å². The van der Waals surface area contributed by atoms with Crippen LogP contribution in [0.2, 0.25) is 0 Å². The highest BCUT2D eigenvalue weighted by molar-refractivity contribution is 14.1. The van der Waals surface area contributed by atoms with Crippen molar-refractivity contribution in [3.05, 3.63) is 15.5 Å². The lowest BCUT2D eigenvalue weighted by atomic mass is 10.3. The van der Waals surface area contributed by atoms with Crippen LogP contribution in [-0.4, -0.2) is 20.5 Å². The minimum absolute atomic E-state index is 0.144. The predicted octanol–water partition coefficient (Wildman–Crippen LogP) is 1.28. The van der Waals surface area contributed by atoms with Gasteiger partial charge in [0.2, 0.25) is 10.0 Å². The molecule has 1 heterocycles. The number of pyridine rings is 1. The second kappa shape index (κ2) is 4.75. The number of hydrogen-bond donors (Lipinski definition) is 1. The van der Waals surface area contributed by atoms with Gasteiger partial charge in [0.25, 0.3) is 6.43 Å². The van der Waals surface area contributed by atoms with Gasteiger partial charge in [0.1, 0.15) is 15.1 Å². The molecule has 0 bridgehead atoms. The molecule has 1 rings (SSSR count). The number of primary sulfonamides is 1. The number of alkyl halides is 2. The van der Waals surface area contributed by atoms with E-state index in [1.807, 2.05) is 0 Å². The summed E-state index contributed by atoms with van der Waals surface area (Å²) >= 11 is 1.51. The first-order valence-corrected chi connectivity index (χ1v) is 6.45. The van der Waals surface area contributed by atoms with Crippen molar-refractivity contribution in [3.8, 4) is 5.75 Å². The van der Waals surface area contributed by atoms with Crippen molar-refractivity contribution in [2.24, 2.45) is 5.14 Å². The summed E-state index contributed by atoms with van der Waals surface area (Å²) in [5.41, 5.74) is -0.561. The number of methoxy groups -OCH3 is 1. The lowest BCUT2D eigenvalue weighted by Crippen LogP contribution is -2.16. The second-order valence-electron chi connectivity index (χ2n) is 2.72. The van der Waals surface area contributed by atoms with E-state index >= 15 is 0 Å². The molecule has 0 radical (unpaired) electrons. The van der Waals surface area contributed by atoms with Crippen molar-refractivity contribution in [3.63, 3.8) is 0 Å². The normalized spacial score (nSPS) is 11.9. The minimum Gasteiger partial charge on any atom is -0.495 e. The van der Waals surface area contributed by atoms with E-state index in [-0.39, 0.29) is 14.3 Å². The van der Waals surface area contributed by atoms with Crippen molar-refractivity contribution in [2.75, 3.05) is 7.11 Å². The Morgan fingerprint density at radius 2 is 2.12 bits per heavy atom. The number of ether oxygens (including phenoxy) is 1. The Kier molecular flexibility index (Phi) is 4.02. The molecule has 16 heavy (non-hydrogen) atoms. The molecule has 0 saturated heterocycles. The number of aromatic nitrogens is 1. The largest absolute Gasteiger partial charge is 0.495 e. The van der Waals surface area contributed by atoms with Crippen LogP contribution in [-0.2, 0) is 10.0 Å². The zero-order valence-electron chi connectivity index (χ0n) is 7.95. The Morgan fingerprint density at radius 1 is 1.56 bits per heavy atom. The van der Waals surface area contributed by atoms with Crippen LogP contribution in [0, 0.1) is 3.70 Å². The summed E-state index contributed by atoms with van der Waals surface area (Å²) in [7, 11) is -2.90. The molecule has 1 aromatic rings. The maximum absolute atomic E-state index is 12.4. The number of nitrogens with two attached hydrogens (primary N) is 1. The van der Waals surface area contributed by atoms with Crippen LogP contribution in [0.1, 0.15) is 12.1 Å². The number of hydrogen-bond acceptors (Lipinski definition) is 4. The van der Waals surface area contributed by atoms with E-state index in [9.17, 15) is 17.2 Å². The van der Waals surface area contributed by atoms with Crippen LogP contribution >= 0.6 is 22.6 Å². The summed E-state index contributed by atoms with van der Waals surface area (Å²) in [5, 5.41) is 4.92. The lowest BCUT2D eigenvalue weighted by molar-refractivity contribution is 0.145. The number of rotatable bonds is 3. The second-order valence-corrected chi connectivity index (χ2v) is 5.24. The molecule has 0 fully saturated rings. The molecule has 0 unspecified atom stereocenters. The third-order valence-electron chi connectivity index (χ3n) is 1.65. The van der Waals surface area contributed by atoms with E-state index in [2.05, 4.69) is 4.98 Å². The van der Waals surface area contributed by atoms with Crippen molar-refractivity contribution < 1.29 is 21.9 Å². The van der Waals surface area contributed by atoms with Crippen LogP contribution in [0.3, 0.4) is 0 Å². The highest BCUT2D eigenvalue weighted by atomic mass is 127. The van der Waals surface area contributed by atoms with Gasteiger partial charge >= 0.3 is 0 Å². The number of halogens is 3. The maximum Gasteiger partial charge on any atom is 0.280 e. The van der Waals surface area contributed by atoms with E-state index in [1.54, 1.807) is 0 Å². The highest BCUT2D eigenvalue weighted by Crippen LogP contribution is 2.30. The van der Waals surface area contributed by atoms with Crippen LogP contribution < -0.4 is 9.88 Å². The average Bonchev–Trinajstić information content (AvgIpc) is 2.14. The molecule has 2 N–H and O–H groups in total. The first kappa shape index (κ1) is 13.5. The molecule has 0 amide bonds. The monoisotopic (exact) mass is 364 g/mol. The van der Waals surface area contributed by atoms with E-state index in [1.165, 1.54) is 22.6 Å². The Morgan fingerprint density at radius 3 is 2.50 bits per heavy atom. The summed E-state index contributed by atoms with van der Waals surface area (Å²) < 4.78 is 51.7. The molecule has 1 aromatic heterocycles. The van der Waals surface area contributed by atoms with Gasteiger partial charge in [-0.3, -0.25) is 0 Å². The van der Waals surface area contributed by atoms with Gasteiger partial charge in [0.05, 0.1) is 7.11 Å². The van der Waals surface area contributed by atoms with Crippen molar-refractivity contribution in [1.82, 2.24) is 4.98 Å². The molecule has 0 aromatic carbocycles. The van der Waals surface area contributed by atoms with Crippen molar-refractivity contribution >= 4 is 32.6 Å². The fraction of sp³-hybridized carbons (Fsp3) is 0.286. The third kappa shape index (κ3) is 2.77. The van der Waals surface area contributed by atoms with Gasteiger partial charge in [-0.2, -0.15) is 0 Å². The maximum atomic E-state index is 12.4. The summed E-state index contributed by atoms with van der Waals surface area (Å²) in [6.45, 7) is 0. The summed E-state index contributed by atoms with van der Waals surface area (Å²) in [5.74, 6) is -0.239. The molecule has 5 nitrogen and oxygen atoms in total. The average molecular weight is 364 g/mol. The number of sulfonamides is 1. The zero-order valence-corrected chi connectivity index (χ0v) is 10.9. The van der Waals surface area contributed by atoms with Gasteiger partial charge in [-0.05, 0) is 22.6 Å². The molecule has 0 saturated carbocycles. The molecule has 0 spiro atoms. The fourth-order valence-corrected chi connectivity index (χ4v) is 3.19. The first-order chi connectivity index (χ1) is 7.27. The predicted molar refractivity (Wildman–Crippen MR) is 59.8 cm³/mol. The standard InChI is InChI=1S/C7H7F2IN2O3S/c1-15-4-2-3(6(8)9)12-7(10)5(4)16(11,13)14/h2,6H,1H3,(H2,11,13,14). The van der Waals surface area contributed by atoms with E-state index in [0.717, 1.165) is 13.2 Å². The van der Waals surface area contributed by atoms with Gasteiger partial charge in [0, 0.05) is 6.07 Å². The zero-order chi connectivity index (χ0) is 12.5. The molecule has 9 heteroatoms. The summed E-state index contributed by atoms with van der Waals surface area (Å²) in [6, 6.07) is 0.854. The first-order valence-electron chi connectivity index (χ1n) is 3.82. The molecule has 0 aliphatic rings. The van der Waals surface area contributed by atoms with Crippen LogP contribution in [0.15, 0.2) is 11.0 Å². The van der Waals surface area contributed by atoms with Gasteiger partial charge < -0.3 is 4.74 Å². The Balaban J connectivity index is 3.53. The molecule has 90 valence electrons. The van der Waals surface area contributed by atoms with Gasteiger partial charge in [-0.15, -0.1) is 0 Å². The van der Waals surface area contributed by atoms with Gasteiger partial charge in [-0.1, -0.05) is 0 Å². The van der Waals surface area contributed by atoms with Crippen LogP contribution in [0.5, 0.6) is 5.75 Å². The summed E-state index contributed by atoms with van der Waals surface area (Å²) in [4.78, 5) is 3.06. The van der Waals surface area contributed by atoms with E-state index in [0.29, 0.717) is 0 Å². The molecule has 0 aliphatic carbocycles. The smallest absolute Gasteiger partial charge is 0.280 e. The van der Waals surface area contributed by atoms with Gasteiger partial charge in [-0.25, -0.2) is 27.3 Å². The fourth-order valence-electron chi connectivity index (χ4n) is 1.02. The lowest BCUT2D eigenvalue weighted by Gasteiger charge is -2.10. The number of nitrogens with zero attached hydrogens (tertiary/aromatic N) is 1. The highest BCUT2D eigenvalue weighted by Gasteiger charge is 2.23. The van der Waals surface area contributed by atoms with Gasteiger partial charge in [0.15, 0.2) is 4.90 Å². The van der Waals surface area contributed by atoms with E-state index in [4.69, 9.17) is 9.88 Å². The molecule has 0 aliphatic heterocycles. The van der Waals surface area contributed by atoms with Crippen molar-refractivity contribution in [1.29, 1.82) is 0 Å². The Labute approximate surface area is 104 Å².